The number of hydrogen-bond donors (Lipinski definition) is 1. The van der Waals surface area contributed by atoms with Gasteiger partial charge in [-0.1, -0.05) is 11.6 Å². The molecule has 0 unspecified atom stereocenters. The molecule has 0 saturated carbocycles. The summed E-state index contributed by atoms with van der Waals surface area (Å²) in [5.74, 6) is 0. The first-order valence-electron chi connectivity index (χ1n) is 6.70. The van der Waals surface area contributed by atoms with E-state index in [9.17, 15) is 4.79 Å². The highest BCUT2D eigenvalue weighted by Crippen LogP contribution is 2.24. The van der Waals surface area contributed by atoms with Gasteiger partial charge in [0.1, 0.15) is 0 Å². The summed E-state index contributed by atoms with van der Waals surface area (Å²) in [5, 5.41) is 3.99. The van der Waals surface area contributed by atoms with Crippen molar-refractivity contribution < 1.29 is 4.79 Å². The van der Waals surface area contributed by atoms with E-state index in [2.05, 4.69) is 23.3 Å². The van der Waals surface area contributed by atoms with Gasteiger partial charge in [-0.3, -0.25) is 0 Å². The Morgan fingerprint density at radius 3 is 3.00 bits per heavy atom. The molecule has 1 aromatic carbocycles. The Kier molecular flexibility index (Phi) is 3.44. The third kappa shape index (κ3) is 2.67. The lowest BCUT2D eigenvalue weighted by Gasteiger charge is -2.25. The van der Waals surface area contributed by atoms with Crippen LogP contribution in [0.2, 0.25) is 0 Å². The predicted molar refractivity (Wildman–Crippen MR) is 83.3 cm³/mol. The second-order valence-corrected chi connectivity index (χ2v) is 6.33. The normalized spacial score (nSPS) is 15.3. The molecule has 0 bridgehead atoms. The fraction of sp³-hybridized carbons (Fsp3) is 0.333. The minimum Gasteiger partial charge on any atom is -0.320 e. The van der Waals surface area contributed by atoms with E-state index in [0.29, 0.717) is 6.54 Å². The maximum atomic E-state index is 12.2. The van der Waals surface area contributed by atoms with Crippen LogP contribution in [0, 0.1) is 6.92 Å². The van der Waals surface area contributed by atoms with E-state index in [1.807, 2.05) is 30.0 Å². The second-order valence-electron chi connectivity index (χ2n) is 5.09. The molecule has 0 aliphatic carbocycles. The molecule has 3 rings (SSSR count). The number of nitrogens with one attached hydrogen (secondary N) is 1. The van der Waals surface area contributed by atoms with Crippen molar-refractivity contribution in [3.05, 3.63) is 34.9 Å². The molecule has 2 aromatic rings. The molecule has 20 heavy (non-hydrogen) atoms. The van der Waals surface area contributed by atoms with Crippen LogP contribution in [0.3, 0.4) is 0 Å². The molecule has 1 aliphatic heterocycles. The SMILES string of the molecule is CC1=CCN(C(=O)Nc2ccc3sc(C)nc3c2)CC1. The lowest BCUT2D eigenvalue weighted by atomic mass is 10.1. The molecule has 0 fully saturated rings. The zero-order chi connectivity index (χ0) is 14.1. The highest BCUT2D eigenvalue weighted by atomic mass is 32.1. The molecule has 2 amide bonds. The van der Waals surface area contributed by atoms with Gasteiger partial charge >= 0.3 is 6.03 Å². The largest absolute Gasteiger partial charge is 0.322 e. The molecule has 5 heteroatoms. The Labute approximate surface area is 122 Å². The lowest BCUT2D eigenvalue weighted by molar-refractivity contribution is 0.215. The van der Waals surface area contributed by atoms with Crippen LogP contribution in [0.15, 0.2) is 29.8 Å². The number of aromatic nitrogens is 1. The summed E-state index contributed by atoms with van der Waals surface area (Å²) < 4.78 is 1.15. The monoisotopic (exact) mass is 287 g/mol. The number of amides is 2. The van der Waals surface area contributed by atoms with Gasteiger partial charge in [-0.05, 0) is 38.5 Å². The van der Waals surface area contributed by atoms with Gasteiger partial charge in [0.2, 0.25) is 0 Å². The van der Waals surface area contributed by atoms with Crippen molar-refractivity contribution in [3.63, 3.8) is 0 Å². The van der Waals surface area contributed by atoms with Crippen LogP contribution >= 0.6 is 11.3 Å². The summed E-state index contributed by atoms with van der Waals surface area (Å²) in [6, 6.07) is 5.83. The highest BCUT2D eigenvalue weighted by molar-refractivity contribution is 7.18. The Morgan fingerprint density at radius 2 is 2.25 bits per heavy atom. The number of nitrogens with zero attached hydrogens (tertiary/aromatic N) is 2. The fourth-order valence-electron chi connectivity index (χ4n) is 2.28. The number of carbonyl (C=O) groups is 1. The molecule has 0 saturated heterocycles. The van der Waals surface area contributed by atoms with E-state index in [0.717, 1.165) is 33.9 Å². The average molecular weight is 287 g/mol. The van der Waals surface area contributed by atoms with E-state index in [4.69, 9.17) is 0 Å². The Balaban J connectivity index is 1.74. The minimum atomic E-state index is -0.0416. The molecule has 1 N–H and O–H groups in total. The fourth-order valence-corrected chi connectivity index (χ4v) is 3.09. The third-order valence-electron chi connectivity index (χ3n) is 3.47. The molecule has 2 heterocycles. The highest BCUT2D eigenvalue weighted by Gasteiger charge is 2.15. The van der Waals surface area contributed by atoms with Gasteiger partial charge in [0, 0.05) is 18.8 Å². The van der Waals surface area contributed by atoms with Gasteiger partial charge in [-0.25, -0.2) is 9.78 Å². The van der Waals surface area contributed by atoms with Gasteiger partial charge in [0.25, 0.3) is 0 Å². The number of carbonyl (C=O) groups excluding carboxylic acids is 1. The van der Waals surface area contributed by atoms with Crippen LogP contribution in [0.5, 0.6) is 0 Å². The molecule has 0 radical (unpaired) electrons. The molecular weight excluding hydrogens is 270 g/mol. The van der Waals surface area contributed by atoms with Crippen molar-refractivity contribution in [1.29, 1.82) is 0 Å². The van der Waals surface area contributed by atoms with Crippen LogP contribution in [0.25, 0.3) is 10.2 Å². The number of benzene rings is 1. The van der Waals surface area contributed by atoms with Gasteiger partial charge in [-0.15, -0.1) is 11.3 Å². The summed E-state index contributed by atoms with van der Waals surface area (Å²) in [5.41, 5.74) is 3.10. The van der Waals surface area contributed by atoms with Gasteiger partial charge in [0.15, 0.2) is 0 Å². The molecule has 4 nitrogen and oxygen atoms in total. The number of urea groups is 1. The zero-order valence-electron chi connectivity index (χ0n) is 11.6. The number of aryl methyl sites for hydroxylation is 1. The summed E-state index contributed by atoms with van der Waals surface area (Å²) in [7, 11) is 0. The molecule has 1 aromatic heterocycles. The van der Waals surface area contributed by atoms with E-state index < -0.39 is 0 Å². The number of thiazole rings is 1. The Morgan fingerprint density at radius 1 is 1.40 bits per heavy atom. The third-order valence-corrected chi connectivity index (χ3v) is 4.42. The van der Waals surface area contributed by atoms with Crippen molar-refractivity contribution in [2.24, 2.45) is 0 Å². The summed E-state index contributed by atoms with van der Waals surface area (Å²) in [4.78, 5) is 18.5. The first kappa shape index (κ1) is 13.1. The molecule has 1 aliphatic rings. The first-order chi connectivity index (χ1) is 9.61. The van der Waals surface area contributed by atoms with Crippen molar-refractivity contribution >= 4 is 33.3 Å². The average Bonchev–Trinajstić information content (AvgIpc) is 2.78. The smallest absolute Gasteiger partial charge is 0.320 e. The van der Waals surface area contributed by atoms with Crippen molar-refractivity contribution in [2.45, 2.75) is 20.3 Å². The van der Waals surface area contributed by atoms with Gasteiger partial charge in [0.05, 0.1) is 15.2 Å². The predicted octanol–water partition coefficient (Wildman–Crippen LogP) is 3.79. The van der Waals surface area contributed by atoms with E-state index in [1.165, 1.54) is 5.57 Å². The van der Waals surface area contributed by atoms with Crippen molar-refractivity contribution in [3.8, 4) is 0 Å². The quantitative estimate of drug-likeness (QED) is 0.811. The zero-order valence-corrected chi connectivity index (χ0v) is 12.5. The number of anilines is 1. The summed E-state index contributed by atoms with van der Waals surface area (Å²) in [6.07, 6.45) is 3.06. The standard InChI is InChI=1S/C15H17N3OS/c1-10-5-7-18(8-6-10)15(19)17-12-3-4-14-13(9-12)16-11(2)20-14/h3-5,9H,6-8H2,1-2H3,(H,17,19). The maximum absolute atomic E-state index is 12.2. The molecule has 0 atom stereocenters. The van der Waals surface area contributed by atoms with Crippen molar-refractivity contribution in [1.82, 2.24) is 9.88 Å². The Bertz CT molecular complexity index is 689. The summed E-state index contributed by atoms with van der Waals surface area (Å²) >= 11 is 1.67. The molecule has 104 valence electrons. The number of hydrogen-bond acceptors (Lipinski definition) is 3. The first-order valence-corrected chi connectivity index (χ1v) is 7.52. The van der Waals surface area contributed by atoms with Crippen LogP contribution in [-0.4, -0.2) is 29.0 Å². The van der Waals surface area contributed by atoms with Crippen LogP contribution < -0.4 is 5.32 Å². The molecular formula is C15H17N3OS. The van der Waals surface area contributed by atoms with E-state index in [1.54, 1.807) is 11.3 Å². The summed E-state index contributed by atoms with van der Waals surface area (Å²) in [6.45, 7) is 5.57. The minimum absolute atomic E-state index is 0.0416. The lowest BCUT2D eigenvalue weighted by Crippen LogP contribution is -2.37. The molecule has 0 spiro atoms. The van der Waals surface area contributed by atoms with E-state index in [-0.39, 0.29) is 6.03 Å². The Hall–Kier alpha value is -1.88. The van der Waals surface area contributed by atoms with Crippen LogP contribution in [-0.2, 0) is 0 Å². The van der Waals surface area contributed by atoms with E-state index >= 15 is 0 Å². The van der Waals surface area contributed by atoms with Gasteiger partial charge < -0.3 is 10.2 Å². The maximum Gasteiger partial charge on any atom is 0.322 e. The second kappa shape index (κ2) is 5.25. The number of rotatable bonds is 1. The van der Waals surface area contributed by atoms with Crippen molar-refractivity contribution in [2.75, 3.05) is 18.4 Å². The van der Waals surface area contributed by atoms with Gasteiger partial charge in [-0.2, -0.15) is 0 Å². The van der Waals surface area contributed by atoms with Crippen LogP contribution in [0.1, 0.15) is 18.4 Å². The topological polar surface area (TPSA) is 45.2 Å². The number of fused-ring (bicyclic) bond motifs is 1. The van der Waals surface area contributed by atoms with Crippen LogP contribution in [0.4, 0.5) is 10.5 Å².